The van der Waals surface area contributed by atoms with Crippen molar-refractivity contribution in [1.82, 2.24) is 5.32 Å². The number of rotatable bonds is 5. The molecule has 0 amide bonds. The molecule has 2 unspecified atom stereocenters. The third-order valence-corrected chi connectivity index (χ3v) is 3.01. The SMILES string of the molecule is CCC(NC(C)c1ccccc1)C(C)C. The molecule has 1 heteroatoms. The van der Waals surface area contributed by atoms with Gasteiger partial charge in [-0.2, -0.15) is 0 Å². The summed E-state index contributed by atoms with van der Waals surface area (Å²) < 4.78 is 0. The maximum absolute atomic E-state index is 3.68. The molecule has 84 valence electrons. The molecule has 0 fully saturated rings. The van der Waals surface area contributed by atoms with Crippen LogP contribution >= 0.6 is 0 Å². The van der Waals surface area contributed by atoms with Crippen LogP contribution in [-0.4, -0.2) is 6.04 Å². The van der Waals surface area contributed by atoms with Crippen molar-refractivity contribution >= 4 is 0 Å². The van der Waals surface area contributed by atoms with Gasteiger partial charge < -0.3 is 5.32 Å². The minimum absolute atomic E-state index is 0.443. The lowest BCUT2D eigenvalue weighted by Gasteiger charge is -2.25. The van der Waals surface area contributed by atoms with E-state index in [0.29, 0.717) is 18.0 Å². The molecule has 2 atom stereocenters. The molecule has 0 saturated heterocycles. The first-order valence-electron chi connectivity index (χ1n) is 5.96. The summed E-state index contributed by atoms with van der Waals surface area (Å²) in [5.74, 6) is 0.696. The van der Waals surface area contributed by atoms with Crippen LogP contribution in [0.25, 0.3) is 0 Å². The topological polar surface area (TPSA) is 12.0 Å². The molecule has 0 spiro atoms. The molecule has 0 radical (unpaired) electrons. The second kappa shape index (κ2) is 5.92. The molecule has 1 aromatic carbocycles. The molecular formula is C14H23N. The summed E-state index contributed by atoms with van der Waals surface area (Å²) in [7, 11) is 0. The van der Waals surface area contributed by atoms with E-state index in [1.165, 1.54) is 12.0 Å². The number of nitrogens with one attached hydrogen (secondary N) is 1. The van der Waals surface area contributed by atoms with Crippen LogP contribution in [0.1, 0.15) is 45.7 Å². The van der Waals surface area contributed by atoms with Crippen LogP contribution in [0.4, 0.5) is 0 Å². The first-order chi connectivity index (χ1) is 7.15. The highest BCUT2D eigenvalue weighted by molar-refractivity contribution is 5.18. The highest BCUT2D eigenvalue weighted by Gasteiger charge is 2.14. The lowest BCUT2D eigenvalue weighted by Crippen LogP contribution is -2.35. The van der Waals surface area contributed by atoms with E-state index in [9.17, 15) is 0 Å². The van der Waals surface area contributed by atoms with E-state index < -0.39 is 0 Å². The van der Waals surface area contributed by atoms with E-state index in [1.54, 1.807) is 0 Å². The van der Waals surface area contributed by atoms with Gasteiger partial charge in [0.05, 0.1) is 0 Å². The molecule has 0 aromatic heterocycles. The Bertz CT molecular complexity index is 266. The lowest BCUT2D eigenvalue weighted by molar-refractivity contribution is 0.356. The zero-order valence-corrected chi connectivity index (χ0v) is 10.3. The molecule has 0 bridgehead atoms. The highest BCUT2D eigenvalue weighted by Crippen LogP contribution is 2.15. The van der Waals surface area contributed by atoms with Crippen LogP contribution in [0, 0.1) is 5.92 Å². The van der Waals surface area contributed by atoms with Gasteiger partial charge in [0.1, 0.15) is 0 Å². The molecule has 1 rings (SSSR count). The Balaban J connectivity index is 2.58. The minimum Gasteiger partial charge on any atom is -0.307 e. The molecule has 0 heterocycles. The normalized spacial score (nSPS) is 15.3. The van der Waals surface area contributed by atoms with E-state index in [1.807, 2.05) is 0 Å². The summed E-state index contributed by atoms with van der Waals surface area (Å²) in [5, 5.41) is 3.68. The Morgan fingerprint density at radius 1 is 1.07 bits per heavy atom. The summed E-state index contributed by atoms with van der Waals surface area (Å²) in [5.41, 5.74) is 1.37. The quantitative estimate of drug-likeness (QED) is 0.771. The fourth-order valence-corrected chi connectivity index (χ4v) is 1.94. The first-order valence-corrected chi connectivity index (χ1v) is 5.96. The Morgan fingerprint density at radius 2 is 1.67 bits per heavy atom. The molecule has 1 aromatic rings. The van der Waals surface area contributed by atoms with Gasteiger partial charge in [0, 0.05) is 12.1 Å². The van der Waals surface area contributed by atoms with Crippen LogP contribution in [0.5, 0.6) is 0 Å². The van der Waals surface area contributed by atoms with Crippen molar-refractivity contribution in [2.75, 3.05) is 0 Å². The maximum atomic E-state index is 3.68. The van der Waals surface area contributed by atoms with Crippen LogP contribution in [0.3, 0.4) is 0 Å². The highest BCUT2D eigenvalue weighted by atomic mass is 14.9. The molecule has 0 saturated carbocycles. The molecule has 0 aliphatic heterocycles. The van der Waals surface area contributed by atoms with Gasteiger partial charge in [-0.25, -0.2) is 0 Å². The van der Waals surface area contributed by atoms with Crippen molar-refractivity contribution in [3.8, 4) is 0 Å². The second-order valence-electron chi connectivity index (χ2n) is 4.56. The predicted octanol–water partition coefficient (Wildman–Crippen LogP) is 3.77. The Kier molecular flexibility index (Phi) is 4.83. The van der Waals surface area contributed by atoms with E-state index in [4.69, 9.17) is 0 Å². The predicted molar refractivity (Wildman–Crippen MR) is 66.9 cm³/mol. The number of benzene rings is 1. The first kappa shape index (κ1) is 12.3. The average Bonchev–Trinajstić information content (AvgIpc) is 2.26. The van der Waals surface area contributed by atoms with E-state index >= 15 is 0 Å². The standard InChI is InChI=1S/C14H23N/c1-5-14(11(2)3)15-12(4)13-9-7-6-8-10-13/h6-12,14-15H,5H2,1-4H3. The van der Waals surface area contributed by atoms with Gasteiger partial charge in [-0.05, 0) is 24.8 Å². The van der Waals surface area contributed by atoms with Gasteiger partial charge in [0.2, 0.25) is 0 Å². The monoisotopic (exact) mass is 205 g/mol. The van der Waals surface area contributed by atoms with Crippen LogP contribution in [0.2, 0.25) is 0 Å². The van der Waals surface area contributed by atoms with Crippen LogP contribution in [0.15, 0.2) is 30.3 Å². The molecule has 0 aliphatic rings. The van der Waals surface area contributed by atoms with Gasteiger partial charge in [-0.15, -0.1) is 0 Å². The molecule has 15 heavy (non-hydrogen) atoms. The fraction of sp³-hybridized carbons (Fsp3) is 0.571. The molecule has 0 aliphatic carbocycles. The smallest absolute Gasteiger partial charge is 0.0294 e. The Labute approximate surface area is 93.9 Å². The van der Waals surface area contributed by atoms with E-state index in [2.05, 4.69) is 63.3 Å². The van der Waals surface area contributed by atoms with Gasteiger partial charge in [0.25, 0.3) is 0 Å². The van der Waals surface area contributed by atoms with Crippen molar-refractivity contribution in [2.24, 2.45) is 5.92 Å². The zero-order valence-electron chi connectivity index (χ0n) is 10.3. The van der Waals surface area contributed by atoms with Crippen molar-refractivity contribution in [3.63, 3.8) is 0 Å². The number of hydrogen-bond acceptors (Lipinski definition) is 1. The minimum atomic E-state index is 0.443. The zero-order chi connectivity index (χ0) is 11.3. The summed E-state index contributed by atoms with van der Waals surface area (Å²) >= 11 is 0. The average molecular weight is 205 g/mol. The van der Waals surface area contributed by atoms with E-state index in [-0.39, 0.29) is 0 Å². The van der Waals surface area contributed by atoms with Gasteiger partial charge in [0.15, 0.2) is 0 Å². The van der Waals surface area contributed by atoms with Crippen LogP contribution in [-0.2, 0) is 0 Å². The van der Waals surface area contributed by atoms with Crippen LogP contribution < -0.4 is 5.32 Å². The van der Waals surface area contributed by atoms with Crippen molar-refractivity contribution in [1.29, 1.82) is 0 Å². The fourth-order valence-electron chi connectivity index (χ4n) is 1.94. The third-order valence-electron chi connectivity index (χ3n) is 3.01. The molecule has 1 N–H and O–H groups in total. The Morgan fingerprint density at radius 3 is 2.13 bits per heavy atom. The Hall–Kier alpha value is -0.820. The lowest BCUT2D eigenvalue weighted by atomic mass is 9.99. The van der Waals surface area contributed by atoms with Crippen molar-refractivity contribution in [3.05, 3.63) is 35.9 Å². The second-order valence-corrected chi connectivity index (χ2v) is 4.56. The largest absolute Gasteiger partial charge is 0.307 e. The third kappa shape index (κ3) is 3.67. The summed E-state index contributed by atoms with van der Waals surface area (Å²) in [6.45, 7) is 9.04. The summed E-state index contributed by atoms with van der Waals surface area (Å²) in [6.07, 6.45) is 1.19. The van der Waals surface area contributed by atoms with Gasteiger partial charge in [-0.1, -0.05) is 51.1 Å². The maximum Gasteiger partial charge on any atom is 0.0294 e. The van der Waals surface area contributed by atoms with Crippen molar-refractivity contribution in [2.45, 2.75) is 46.2 Å². The molecular weight excluding hydrogens is 182 g/mol. The number of hydrogen-bond donors (Lipinski definition) is 1. The summed E-state index contributed by atoms with van der Waals surface area (Å²) in [4.78, 5) is 0. The van der Waals surface area contributed by atoms with Gasteiger partial charge >= 0.3 is 0 Å². The van der Waals surface area contributed by atoms with E-state index in [0.717, 1.165) is 0 Å². The van der Waals surface area contributed by atoms with Crippen molar-refractivity contribution < 1.29 is 0 Å². The summed E-state index contributed by atoms with van der Waals surface area (Å²) in [6, 6.07) is 11.7. The van der Waals surface area contributed by atoms with Gasteiger partial charge in [-0.3, -0.25) is 0 Å². The molecule has 1 nitrogen and oxygen atoms in total.